The van der Waals surface area contributed by atoms with Gasteiger partial charge in [-0.25, -0.2) is 9.78 Å². The lowest BCUT2D eigenvalue weighted by Crippen LogP contribution is -2.52. The molecule has 1 N–H and O–H groups in total. The van der Waals surface area contributed by atoms with Crippen LogP contribution in [0.4, 0.5) is 9.93 Å². The number of fused-ring (bicyclic) bond motifs is 1. The fourth-order valence-electron chi connectivity index (χ4n) is 2.70. The van der Waals surface area contributed by atoms with Crippen LogP contribution in [0.3, 0.4) is 0 Å². The molecule has 8 heteroatoms. The van der Waals surface area contributed by atoms with Gasteiger partial charge in [0.05, 0.1) is 16.8 Å². The lowest BCUT2D eigenvalue weighted by Gasteiger charge is -2.34. The minimum absolute atomic E-state index is 0.0290. The van der Waals surface area contributed by atoms with E-state index in [1.54, 1.807) is 18.4 Å². The predicted octanol–water partition coefficient (Wildman–Crippen LogP) is 2.74. The van der Waals surface area contributed by atoms with Crippen molar-refractivity contribution in [2.45, 2.75) is 6.92 Å². The van der Waals surface area contributed by atoms with Crippen LogP contribution in [0.5, 0.6) is 0 Å². The summed E-state index contributed by atoms with van der Waals surface area (Å²) in [4.78, 5) is 20.9. The quantitative estimate of drug-likeness (QED) is 0.843. The second-order valence-corrected chi connectivity index (χ2v) is 7.13. The number of piperazine rings is 1. The lowest BCUT2D eigenvalue weighted by molar-refractivity contribution is 0.177. The molecule has 1 aliphatic heterocycles. The van der Waals surface area contributed by atoms with Gasteiger partial charge in [-0.1, -0.05) is 22.9 Å². The van der Waals surface area contributed by atoms with E-state index in [1.807, 2.05) is 24.0 Å². The summed E-state index contributed by atoms with van der Waals surface area (Å²) >= 11 is 7.85. The van der Waals surface area contributed by atoms with E-state index in [-0.39, 0.29) is 6.03 Å². The van der Waals surface area contributed by atoms with E-state index >= 15 is 0 Å². The molecule has 1 aromatic heterocycles. The Bertz CT molecular complexity index is 728. The number of hydrogen-bond acceptors (Lipinski definition) is 5. The van der Waals surface area contributed by atoms with E-state index < -0.39 is 0 Å². The van der Waals surface area contributed by atoms with Gasteiger partial charge in [-0.2, -0.15) is 0 Å². The van der Waals surface area contributed by atoms with Crippen LogP contribution in [0.2, 0.25) is 5.02 Å². The second kappa shape index (κ2) is 7.55. The molecular weight excluding hydrogens is 348 g/mol. The molecule has 1 fully saturated rings. The first-order chi connectivity index (χ1) is 11.6. The minimum atomic E-state index is -0.0290. The maximum Gasteiger partial charge on any atom is 0.317 e. The van der Waals surface area contributed by atoms with Gasteiger partial charge in [-0.3, -0.25) is 0 Å². The van der Waals surface area contributed by atoms with Crippen LogP contribution in [-0.4, -0.2) is 62.4 Å². The zero-order chi connectivity index (χ0) is 17.1. The highest BCUT2D eigenvalue weighted by atomic mass is 35.5. The molecule has 1 aromatic carbocycles. The maximum absolute atomic E-state index is 12.1. The molecule has 0 aliphatic carbocycles. The number of methoxy groups -OCH3 is 1. The number of anilines is 1. The smallest absolute Gasteiger partial charge is 0.317 e. The largest absolute Gasteiger partial charge is 0.383 e. The number of carbonyl (C=O) groups is 1. The molecule has 2 amide bonds. The van der Waals surface area contributed by atoms with Gasteiger partial charge in [0, 0.05) is 44.9 Å². The molecule has 0 radical (unpaired) electrons. The second-order valence-electron chi connectivity index (χ2n) is 5.71. The summed E-state index contributed by atoms with van der Waals surface area (Å²) in [6, 6.07) is 3.91. The van der Waals surface area contributed by atoms with Gasteiger partial charge in [0.2, 0.25) is 0 Å². The number of hydrogen-bond donors (Lipinski definition) is 1. The Morgan fingerprint density at radius 3 is 2.83 bits per heavy atom. The zero-order valence-electron chi connectivity index (χ0n) is 13.8. The summed E-state index contributed by atoms with van der Waals surface area (Å²) in [6.07, 6.45) is 0. The normalized spacial score (nSPS) is 15.1. The van der Waals surface area contributed by atoms with Gasteiger partial charge >= 0.3 is 6.03 Å². The number of nitrogens with one attached hydrogen (secondary N) is 1. The summed E-state index contributed by atoms with van der Waals surface area (Å²) in [5.41, 5.74) is 2.00. The van der Waals surface area contributed by atoms with Crippen LogP contribution in [0.1, 0.15) is 5.56 Å². The molecule has 3 rings (SSSR count). The fraction of sp³-hybridized carbons (Fsp3) is 0.500. The molecule has 0 unspecified atom stereocenters. The number of benzene rings is 1. The molecule has 1 saturated heterocycles. The number of urea groups is 1. The number of nitrogens with zero attached hydrogens (tertiary/aromatic N) is 3. The number of ether oxygens (including phenoxy) is 1. The Morgan fingerprint density at radius 2 is 2.12 bits per heavy atom. The molecule has 24 heavy (non-hydrogen) atoms. The van der Waals surface area contributed by atoms with Crippen molar-refractivity contribution in [2.24, 2.45) is 0 Å². The molecule has 2 heterocycles. The van der Waals surface area contributed by atoms with Gasteiger partial charge in [-0.15, -0.1) is 0 Å². The van der Waals surface area contributed by atoms with Crippen molar-refractivity contribution >= 4 is 44.3 Å². The van der Waals surface area contributed by atoms with Crippen molar-refractivity contribution in [1.29, 1.82) is 0 Å². The first-order valence-corrected chi connectivity index (χ1v) is 9.12. The van der Waals surface area contributed by atoms with E-state index in [1.165, 1.54) is 0 Å². The highest BCUT2D eigenvalue weighted by molar-refractivity contribution is 7.22. The van der Waals surface area contributed by atoms with Crippen LogP contribution in [0.25, 0.3) is 10.2 Å². The third-order valence-corrected chi connectivity index (χ3v) is 5.65. The highest BCUT2D eigenvalue weighted by Crippen LogP contribution is 2.33. The molecule has 0 atom stereocenters. The summed E-state index contributed by atoms with van der Waals surface area (Å²) in [7, 11) is 1.62. The molecular formula is C16H21ClN4O2S. The average molecular weight is 369 g/mol. The van der Waals surface area contributed by atoms with Gasteiger partial charge < -0.3 is 19.9 Å². The highest BCUT2D eigenvalue weighted by Gasteiger charge is 2.23. The SMILES string of the molecule is COCCNC(=O)N1CCN(c2nc3c(C)c(Cl)ccc3s2)CC1. The standard InChI is InChI=1S/C16H21ClN4O2S/c1-11-12(17)3-4-13-14(11)19-16(24-13)21-8-6-20(7-9-21)15(22)18-5-10-23-2/h3-4H,5-10H2,1-2H3,(H,18,22). The van der Waals surface area contributed by atoms with Crippen molar-refractivity contribution in [2.75, 3.05) is 51.3 Å². The van der Waals surface area contributed by atoms with Crippen molar-refractivity contribution in [3.05, 3.63) is 22.7 Å². The van der Waals surface area contributed by atoms with Gasteiger partial charge in [0.1, 0.15) is 0 Å². The molecule has 6 nitrogen and oxygen atoms in total. The lowest BCUT2D eigenvalue weighted by atomic mass is 10.2. The van der Waals surface area contributed by atoms with Crippen molar-refractivity contribution < 1.29 is 9.53 Å². The van der Waals surface area contributed by atoms with Crippen molar-refractivity contribution in [3.63, 3.8) is 0 Å². The average Bonchev–Trinajstić information content (AvgIpc) is 3.03. The third-order valence-electron chi connectivity index (χ3n) is 4.16. The number of thiazole rings is 1. The van der Waals surface area contributed by atoms with Crippen LogP contribution < -0.4 is 10.2 Å². The Hall–Kier alpha value is -1.57. The summed E-state index contributed by atoms with van der Waals surface area (Å²) in [5.74, 6) is 0. The summed E-state index contributed by atoms with van der Waals surface area (Å²) in [6.45, 7) is 6.00. The first-order valence-electron chi connectivity index (χ1n) is 7.92. The first kappa shape index (κ1) is 17.3. The van der Waals surface area contributed by atoms with Crippen LogP contribution in [0, 0.1) is 6.92 Å². The fourth-order valence-corrected chi connectivity index (χ4v) is 3.93. The van der Waals surface area contributed by atoms with Crippen molar-refractivity contribution in [1.82, 2.24) is 15.2 Å². The topological polar surface area (TPSA) is 57.7 Å². The number of halogens is 1. The molecule has 1 aliphatic rings. The summed E-state index contributed by atoms with van der Waals surface area (Å²) in [5, 5.41) is 4.60. The Balaban J connectivity index is 1.62. The Kier molecular flexibility index (Phi) is 5.43. The van der Waals surface area contributed by atoms with Gasteiger partial charge in [0.15, 0.2) is 5.13 Å². The number of amides is 2. The molecule has 0 bridgehead atoms. The molecule has 130 valence electrons. The molecule has 0 saturated carbocycles. The van der Waals surface area contributed by atoms with E-state index in [9.17, 15) is 4.79 Å². The predicted molar refractivity (Wildman–Crippen MR) is 98.4 cm³/mol. The van der Waals surface area contributed by atoms with E-state index in [4.69, 9.17) is 21.3 Å². The Morgan fingerprint density at radius 1 is 1.38 bits per heavy atom. The van der Waals surface area contributed by atoms with Crippen LogP contribution in [0.15, 0.2) is 12.1 Å². The summed E-state index contributed by atoms with van der Waals surface area (Å²) < 4.78 is 6.09. The number of carbonyl (C=O) groups excluding carboxylic acids is 1. The number of aromatic nitrogens is 1. The maximum atomic E-state index is 12.1. The molecule has 2 aromatic rings. The van der Waals surface area contributed by atoms with Crippen LogP contribution >= 0.6 is 22.9 Å². The van der Waals surface area contributed by atoms with Gasteiger partial charge in [-0.05, 0) is 24.6 Å². The third kappa shape index (κ3) is 3.58. The van der Waals surface area contributed by atoms with Crippen LogP contribution in [-0.2, 0) is 4.74 Å². The minimum Gasteiger partial charge on any atom is -0.383 e. The van der Waals surface area contributed by atoms with E-state index in [0.29, 0.717) is 26.2 Å². The van der Waals surface area contributed by atoms with E-state index in [0.717, 1.165) is 39.0 Å². The Labute approximate surface area is 150 Å². The van der Waals surface area contributed by atoms with Gasteiger partial charge in [0.25, 0.3) is 0 Å². The number of aryl methyl sites for hydroxylation is 1. The monoisotopic (exact) mass is 368 g/mol. The molecule has 0 spiro atoms. The number of rotatable bonds is 4. The van der Waals surface area contributed by atoms with Crippen molar-refractivity contribution in [3.8, 4) is 0 Å². The zero-order valence-corrected chi connectivity index (χ0v) is 15.4. The van der Waals surface area contributed by atoms with E-state index in [2.05, 4.69) is 10.2 Å².